The summed E-state index contributed by atoms with van der Waals surface area (Å²) in [5.74, 6) is 1.43. The molecule has 1 aromatic heterocycles. The van der Waals surface area contributed by atoms with Crippen LogP contribution in [0.2, 0.25) is 0 Å². The molecule has 8 nitrogen and oxygen atoms in total. The van der Waals surface area contributed by atoms with Crippen LogP contribution < -0.4 is 15.6 Å². The van der Waals surface area contributed by atoms with Gasteiger partial charge in [-0.25, -0.2) is 5.43 Å². The lowest BCUT2D eigenvalue weighted by molar-refractivity contribution is 0.122. The Kier molecular flexibility index (Phi) is 5.92. The molecule has 8 heteroatoms. The van der Waals surface area contributed by atoms with Crippen molar-refractivity contribution in [2.24, 2.45) is 5.10 Å². The Hall–Kier alpha value is -3.52. The second-order valence-corrected chi connectivity index (χ2v) is 6.65. The fraction of sp³-hybridized carbons (Fsp3) is 0.238. The Morgan fingerprint density at radius 3 is 2.41 bits per heavy atom. The van der Waals surface area contributed by atoms with Crippen molar-refractivity contribution >= 4 is 29.7 Å². The molecule has 3 aromatic rings. The van der Waals surface area contributed by atoms with Crippen LogP contribution in [0.25, 0.3) is 0 Å². The molecule has 0 atom stereocenters. The highest BCUT2D eigenvalue weighted by Crippen LogP contribution is 2.18. The van der Waals surface area contributed by atoms with Crippen molar-refractivity contribution < 1.29 is 4.74 Å². The average molecular weight is 389 g/mol. The molecule has 29 heavy (non-hydrogen) atoms. The number of aromatic nitrogens is 3. The number of morpholine rings is 1. The van der Waals surface area contributed by atoms with E-state index in [4.69, 9.17) is 4.74 Å². The van der Waals surface area contributed by atoms with Crippen LogP contribution in [-0.4, -0.2) is 47.5 Å². The normalized spacial score (nSPS) is 14.2. The summed E-state index contributed by atoms with van der Waals surface area (Å²) in [7, 11) is 0. The predicted octanol–water partition coefficient (Wildman–Crippen LogP) is 3.21. The molecular formula is C21H23N7O. The molecule has 148 valence electrons. The number of hydrogen-bond donors (Lipinski definition) is 2. The topological polar surface area (TPSA) is 87.6 Å². The summed E-state index contributed by atoms with van der Waals surface area (Å²) in [5.41, 5.74) is 6.03. The highest BCUT2D eigenvalue weighted by Gasteiger charge is 2.16. The molecule has 0 aliphatic carbocycles. The molecule has 0 radical (unpaired) electrons. The van der Waals surface area contributed by atoms with Crippen LogP contribution in [0.1, 0.15) is 11.1 Å². The van der Waals surface area contributed by atoms with E-state index in [0.717, 1.165) is 24.3 Å². The molecule has 2 heterocycles. The first-order valence-corrected chi connectivity index (χ1v) is 9.53. The number of nitrogens with zero attached hydrogens (tertiary/aromatic N) is 5. The minimum absolute atomic E-state index is 0.378. The molecule has 1 saturated heterocycles. The van der Waals surface area contributed by atoms with Crippen molar-refractivity contribution in [1.29, 1.82) is 0 Å². The number of para-hydroxylation sites is 1. The first-order chi connectivity index (χ1) is 14.3. The largest absolute Gasteiger partial charge is 0.378 e. The summed E-state index contributed by atoms with van der Waals surface area (Å²) < 4.78 is 5.43. The number of benzene rings is 2. The molecule has 2 N–H and O–H groups in total. The van der Waals surface area contributed by atoms with Crippen molar-refractivity contribution in [2.45, 2.75) is 6.92 Å². The van der Waals surface area contributed by atoms with Crippen LogP contribution in [-0.2, 0) is 4.74 Å². The zero-order chi connectivity index (χ0) is 19.9. The minimum Gasteiger partial charge on any atom is -0.378 e. The minimum atomic E-state index is 0.378. The lowest BCUT2D eigenvalue weighted by atomic mass is 10.2. The van der Waals surface area contributed by atoms with E-state index in [0.29, 0.717) is 31.1 Å². The van der Waals surface area contributed by atoms with E-state index in [1.807, 2.05) is 54.6 Å². The number of aryl methyl sites for hydroxylation is 1. The molecule has 0 spiro atoms. The first kappa shape index (κ1) is 18.8. The molecule has 0 amide bonds. The lowest BCUT2D eigenvalue weighted by Crippen LogP contribution is -2.37. The Labute approximate surface area is 169 Å². The van der Waals surface area contributed by atoms with E-state index >= 15 is 0 Å². The van der Waals surface area contributed by atoms with Gasteiger partial charge in [-0.15, -0.1) is 0 Å². The van der Waals surface area contributed by atoms with Gasteiger partial charge in [0.1, 0.15) is 0 Å². The van der Waals surface area contributed by atoms with Crippen LogP contribution >= 0.6 is 0 Å². The van der Waals surface area contributed by atoms with E-state index in [-0.39, 0.29) is 0 Å². The second-order valence-electron chi connectivity index (χ2n) is 6.65. The Morgan fingerprint density at radius 2 is 1.66 bits per heavy atom. The number of hydrazone groups is 1. The molecule has 1 aliphatic heterocycles. The number of anilines is 4. The molecule has 4 rings (SSSR count). The summed E-state index contributed by atoms with van der Waals surface area (Å²) in [6, 6.07) is 17.9. The molecule has 0 bridgehead atoms. The fourth-order valence-electron chi connectivity index (χ4n) is 2.84. The van der Waals surface area contributed by atoms with Crippen LogP contribution in [0.15, 0.2) is 59.7 Å². The molecular weight excluding hydrogens is 366 g/mol. The number of nitrogens with one attached hydrogen (secondary N) is 2. The first-order valence-electron chi connectivity index (χ1n) is 9.53. The molecule has 0 unspecified atom stereocenters. The lowest BCUT2D eigenvalue weighted by Gasteiger charge is -2.27. The highest BCUT2D eigenvalue weighted by atomic mass is 16.5. The van der Waals surface area contributed by atoms with Gasteiger partial charge in [-0.3, -0.25) is 0 Å². The van der Waals surface area contributed by atoms with Gasteiger partial charge in [0.2, 0.25) is 17.8 Å². The zero-order valence-electron chi connectivity index (χ0n) is 16.2. The van der Waals surface area contributed by atoms with E-state index in [1.54, 1.807) is 6.21 Å². The maximum Gasteiger partial charge on any atom is 0.250 e. The smallest absolute Gasteiger partial charge is 0.250 e. The highest BCUT2D eigenvalue weighted by molar-refractivity contribution is 5.80. The van der Waals surface area contributed by atoms with E-state index in [1.165, 1.54) is 5.56 Å². The van der Waals surface area contributed by atoms with Gasteiger partial charge in [-0.1, -0.05) is 48.0 Å². The van der Waals surface area contributed by atoms with Gasteiger partial charge in [0, 0.05) is 18.8 Å². The molecule has 0 saturated carbocycles. The zero-order valence-corrected chi connectivity index (χ0v) is 16.2. The third kappa shape index (κ3) is 5.26. The summed E-state index contributed by atoms with van der Waals surface area (Å²) in [6.07, 6.45) is 1.74. The second kappa shape index (κ2) is 9.11. The van der Waals surface area contributed by atoms with Crippen LogP contribution in [0.5, 0.6) is 0 Å². The SMILES string of the molecule is Cc1ccc(/C=N\Nc2nc(Nc3ccccc3)nc(N3CCOCC3)n2)cc1. The van der Waals surface area contributed by atoms with Gasteiger partial charge in [0.15, 0.2) is 0 Å². The van der Waals surface area contributed by atoms with Gasteiger partial charge in [-0.05, 0) is 24.6 Å². The molecule has 1 aliphatic rings. The van der Waals surface area contributed by atoms with E-state index < -0.39 is 0 Å². The standard InChI is InChI=1S/C21H23N7O/c1-16-7-9-17(10-8-16)15-22-27-20-24-19(23-18-5-3-2-4-6-18)25-21(26-20)28-11-13-29-14-12-28/h2-10,15H,11-14H2,1H3,(H2,23,24,25,26,27)/b22-15-. The van der Waals surface area contributed by atoms with E-state index in [2.05, 4.69) is 42.6 Å². The summed E-state index contributed by atoms with van der Waals surface area (Å²) in [4.78, 5) is 15.6. The number of ether oxygens (including phenoxy) is 1. The maximum atomic E-state index is 5.43. The molecule has 2 aromatic carbocycles. The fourth-order valence-corrected chi connectivity index (χ4v) is 2.84. The van der Waals surface area contributed by atoms with Crippen LogP contribution in [0, 0.1) is 6.92 Å². The quantitative estimate of drug-likeness (QED) is 0.494. The van der Waals surface area contributed by atoms with Crippen molar-refractivity contribution in [3.63, 3.8) is 0 Å². The Balaban J connectivity index is 1.55. The number of rotatable bonds is 6. The van der Waals surface area contributed by atoms with Crippen molar-refractivity contribution in [2.75, 3.05) is 41.9 Å². The monoisotopic (exact) mass is 389 g/mol. The Bertz CT molecular complexity index is 955. The van der Waals surface area contributed by atoms with Crippen LogP contribution in [0.4, 0.5) is 23.5 Å². The van der Waals surface area contributed by atoms with Crippen molar-refractivity contribution in [1.82, 2.24) is 15.0 Å². The van der Waals surface area contributed by atoms with Gasteiger partial charge < -0.3 is 15.0 Å². The predicted molar refractivity (Wildman–Crippen MR) is 115 cm³/mol. The van der Waals surface area contributed by atoms with E-state index in [9.17, 15) is 0 Å². The van der Waals surface area contributed by atoms with Crippen LogP contribution in [0.3, 0.4) is 0 Å². The summed E-state index contributed by atoms with van der Waals surface area (Å²) in [6.45, 7) is 4.84. The molecule has 1 fully saturated rings. The summed E-state index contributed by atoms with van der Waals surface area (Å²) in [5, 5.41) is 7.50. The van der Waals surface area contributed by atoms with Gasteiger partial charge in [0.05, 0.1) is 19.4 Å². The van der Waals surface area contributed by atoms with Crippen molar-refractivity contribution in [3.05, 3.63) is 65.7 Å². The number of hydrogen-bond acceptors (Lipinski definition) is 8. The third-order valence-corrected chi connectivity index (χ3v) is 4.40. The average Bonchev–Trinajstić information content (AvgIpc) is 2.76. The van der Waals surface area contributed by atoms with Gasteiger partial charge in [-0.2, -0.15) is 20.1 Å². The summed E-state index contributed by atoms with van der Waals surface area (Å²) >= 11 is 0. The Morgan fingerprint density at radius 1 is 0.931 bits per heavy atom. The van der Waals surface area contributed by atoms with Gasteiger partial charge >= 0.3 is 0 Å². The maximum absolute atomic E-state index is 5.43. The van der Waals surface area contributed by atoms with Gasteiger partial charge in [0.25, 0.3) is 0 Å². The van der Waals surface area contributed by atoms with Crippen molar-refractivity contribution in [3.8, 4) is 0 Å². The third-order valence-electron chi connectivity index (χ3n) is 4.40.